The molecule has 1 unspecified atom stereocenters. The number of hydrogen-bond acceptors (Lipinski definition) is 3. The van der Waals surface area contributed by atoms with Gasteiger partial charge in [-0.15, -0.1) is 0 Å². The van der Waals surface area contributed by atoms with E-state index in [0.29, 0.717) is 6.54 Å². The zero-order valence-electron chi connectivity index (χ0n) is 10.7. The van der Waals surface area contributed by atoms with Gasteiger partial charge in [-0.25, -0.2) is 0 Å². The molecule has 2 saturated heterocycles. The van der Waals surface area contributed by atoms with Crippen LogP contribution in [0, 0.1) is 5.92 Å². The molecule has 4 heteroatoms. The lowest BCUT2D eigenvalue weighted by atomic mass is 9.94. The van der Waals surface area contributed by atoms with Gasteiger partial charge in [-0.2, -0.15) is 0 Å². The number of likely N-dealkylation sites (tertiary alicyclic amines) is 2. The van der Waals surface area contributed by atoms with Crippen LogP contribution in [0.1, 0.15) is 32.6 Å². The summed E-state index contributed by atoms with van der Waals surface area (Å²) in [7, 11) is 0. The van der Waals surface area contributed by atoms with Gasteiger partial charge in [-0.3, -0.25) is 14.5 Å². The number of amides is 1. The zero-order valence-corrected chi connectivity index (χ0v) is 10.7. The normalized spacial score (nSPS) is 26.2. The van der Waals surface area contributed by atoms with Crippen LogP contribution in [0.5, 0.6) is 0 Å². The number of hydrogen-bond donors (Lipinski definition) is 0. The van der Waals surface area contributed by atoms with Crippen molar-refractivity contribution in [1.82, 2.24) is 9.80 Å². The first-order valence-electron chi connectivity index (χ1n) is 6.67. The largest absolute Gasteiger partial charge is 0.342 e. The highest BCUT2D eigenvalue weighted by molar-refractivity contribution is 5.80. The second-order valence-electron chi connectivity index (χ2n) is 5.27. The van der Waals surface area contributed by atoms with Crippen LogP contribution >= 0.6 is 0 Å². The number of nitrogens with zero attached hydrogens (tertiary/aromatic N) is 2. The van der Waals surface area contributed by atoms with Crippen molar-refractivity contribution < 1.29 is 9.59 Å². The van der Waals surface area contributed by atoms with Crippen LogP contribution in [0.25, 0.3) is 0 Å². The molecule has 17 heavy (non-hydrogen) atoms. The quantitative estimate of drug-likeness (QED) is 0.734. The molecule has 1 amide bonds. The van der Waals surface area contributed by atoms with Crippen molar-refractivity contribution in [3.63, 3.8) is 0 Å². The van der Waals surface area contributed by atoms with E-state index in [-0.39, 0.29) is 17.6 Å². The predicted octanol–water partition coefficient (Wildman–Crippen LogP) is 0.910. The number of Topliss-reactive ketones (excluding diaryl/α,β-unsaturated/α-hetero) is 1. The Bertz CT molecular complexity index is 298. The third-order valence-electron chi connectivity index (χ3n) is 3.90. The van der Waals surface area contributed by atoms with E-state index >= 15 is 0 Å². The molecule has 2 rings (SSSR count). The molecule has 0 bridgehead atoms. The van der Waals surface area contributed by atoms with Gasteiger partial charge in [0.2, 0.25) is 5.91 Å². The SMILES string of the molecule is CC(=O)C1CCCN(CC(=O)N2CCCC2)C1. The smallest absolute Gasteiger partial charge is 0.236 e. The van der Waals surface area contributed by atoms with Crippen molar-refractivity contribution in [2.24, 2.45) is 5.92 Å². The van der Waals surface area contributed by atoms with E-state index in [0.717, 1.165) is 51.9 Å². The summed E-state index contributed by atoms with van der Waals surface area (Å²) in [6.45, 7) is 5.74. The summed E-state index contributed by atoms with van der Waals surface area (Å²) in [6.07, 6.45) is 4.31. The van der Waals surface area contributed by atoms with Crippen LogP contribution in [-0.2, 0) is 9.59 Å². The highest BCUT2D eigenvalue weighted by atomic mass is 16.2. The molecule has 0 saturated carbocycles. The third-order valence-corrected chi connectivity index (χ3v) is 3.90. The van der Waals surface area contributed by atoms with Crippen molar-refractivity contribution in [3.8, 4) is 0 Å². The summed E-state index contributed by atoms with van der Waals surface area (Å²) in [5.74, 6) is 0.658. The Kier molecular flexibility index (Phi) is 4.15. The van der Waals surface area contributed by atoms with Crippen LogP contribution in [-0.4, -0.2) is 54.2 Å². The number of rotatable bonds is 3. The fourth-order valence-electron chi connectivity index (χ4n) is 2.79. The molecule has 0 spiro atoms. The van der Waals surface area contributed by atoms with Crippen molar-refractivity contribution in [3.05, 3.63) is 0 Å². The maximum Gasteiger partial charge on any atom is 0.236 e. The van der Waals surface area contributed by atoms with Gasteiger partial charge in [0.05, 0.1) is 6.54 Å². The summed E-state index contributed by atoms with van der Waals surface area (Å²) in [6, 6.07) is 0. The van der Waals surface area contributed by atoms with Crippen LogP contribution in [0.3, 0.4) is 0 Å². The molecule has 0 aromatic heterocycles. The lowest BCUT2D eigenvalue weighted by Crippen LogP contribution is -2.44. The van der Waals surface area contributed by atoms with E-state index in [1.54, 1.807) is 6.92 Å². The maximum absolute atomic E-state index is 12.0. The molecular formula is C13H22N2O2. The van der Waals surface area contributed by atoms with Gasteiger partial charge in [0.1, 0.15) is 5.78 Å². The average Bonchev–Trinajstić information content (AvgIpc) is 2.82. The first-order valence-corrected chi connectivity index (χ1v) is 6.67. The van der Waals surface area contributed by atoms with Gasteiger partial charge in [0.15, 0.2) is 0 Å². The van der Waals surface area contributed by atoms with E-state index in [4.69, 9.17) is 0 Å². The summed E-state index contributed by atoms with van der Waals surface area (Å²) in [4.78, 5) is 27.5. The lowest BCUT2D eigenvalue weighted by molar-refractivity contribution is -0.133. The first kappa shape index (κ1) is 12.6. The molecule has 0 aromatic carbocycles. The zero-order chi connectivity index (χ0) is 12.3. The van der Waals surface area contributed by atoms with Gasteiger partial charge in [-0.05, 0) is 39.2 Å². The Balaban J connectivity index is 1.81. The topological polar surface area (TPSA) is 40.6 Å². The molecule has 0 aliphatic carbocycles. The summed E-state index contributed by atoms with van der Waals surface area (Å²) in [5.41, 5.74) is 0. The van der Waals surface area contributed by atoms with Crippen LogP contribution in [0.15, 0.2) is 0 Å². The van der Waals surface area contributed by atoms with Crippen molar-refractivity contribution >= 4 is 11.7 Å². The Hall–Kier alpha value is -0.900. The maximum atomic E-state index is 12.0. The fraction of sp³-hybridized carbons (Fsp3) is 0.846. The molecule has 2 aliphatic rings. The minimum atomic E-state index is 0.148. The minimum absolute atomic E-state index is 0.148. The van der Waals surface area contributed by atoms with Gasteiger partial charge in [0.25, 0.3) is 0 Å². The molecule has 1 atom stereocenters. The van der Waals surface area contributed by atoms with Gasteiger partial charge in [-0.1, -0.05) is 0 Å². The fourth-order valence-corrected chi connectivity index (χ4v) is 2.79. The lowest BCUT2D eigenvalue weighted by Gasteiger charge is -2.32. The van der Waals surface area contributed by atoms with E-state index in [1.165, 1.54) is 0 Å². The van der Waals surface area contributed by atoms with Crippen molar-refractivity contribution in [2.45, 2.75) is 32.6 Å². The minimum Gasteiger partial charge on any atom is -0.342 e. The van der Waals surface area contributed by atoms with E-state index in [2.05, 4.69) is 4.90 Å². The third kappa shape index (κ3) is 3.28. The highest BCUT2D eigenvalue weighted by Crippen LogP contribution is 2.17. The van der Waals surface area contributed by atoms with Crippen molar-refractivity contribution in [1.29, 1.82) is 0 Å². The highest BCUT2D eigenvalue weighted by Gasteiger charge is 2.26. The second kappa shape index (κ2) is 5.63. The molecule has 4 nitrogen and oxygen atoms in total. The average molecular weight is 238 g/mol. The molecular weight excluding hydrogens is 216 g/mol. The van der Waals surface area contributed by atoms with Gasteiger partial charge < -0.3 is 4.90 Å². The first-order chi connectivity index (χ1) is 8.16. The van der Waals surface area contributed by atoms with Gasteiger partial charge in [0, 0.05) is 25.6 Å². The van der Waals surface area contributed by atoms with Crippen LogP contribution < -0.4 is 0 Å². The summed E-state index contributed by atoms with van der Waals surface area (Å²) >= 11 is 0. The van der Waals surface area contributed by atoms with Gasteiger partial charge >= 0.3 is 0 Å². The monoisotopic (exact) mass is 238 g/mol. The Labute approximate surface area is 103 Å². The number of ketones is 1. The standard InChI is InChI=1S/C13H22N2O2/c1-11(16)12-5-4-6-14(9-12)10-13(17)15-7-2-3-8-15/h12H,2-10H2,1H3. The van der Waals surface area contributed by atoms with Crippen molar-refractivity contribution in [2.75, 3.05) is 32.7 Å². The number of carbonyl (C=O) groups is 2. The van der Waals surface area contributed by atoms with Crippen LogP contribution in [0.4, 0.5) is 0 Å². The molecule has 2 fully saturated rings. The molecule has 2 aliphatic heterocycles. The number of carbonyl (C=O) groups excluding carboxylic acids is 2. The second-order valence-corrected chi connectivity index (χ2v) is 5.27. The molecule has 2 heterocycles. The molecule has 0 radical (unpaired) electrons. The Morgan fingerprint density at radius 3 is 2.47 bits per heavy atom. The van der Waals surface area contributed by atoms with Crippen LogP contribution in [0.2, 0.25) is 0 Å². The Morgan fingerprint density at radius 1 is 1.12 bits per heavy atom. The predicted molar refractivity (Wildman–Crippen MR) is 65.7 cm³/mol. The number of piperidine rings is 1. The Morgan fingerprint density at radius 2 is 1.82 bits per heavy atom. The summed E-state index contributed by atoms with van der Waals surface area (Å²) in [5, 5.41) is 0. The van der Waals surface area contributed by atoms with E-state index < -0.39 is 0 Å². The molecule has 96 valence electrons. The molecule has 0 aromatic rings. The van der Waals surface area contributed by atoms with E-state index in [1.807, 2.05) is 4.90 Å². The van der Waals surface area contributed by atoms with E-state index in [9.17, 15) is 9.59 Å². The molecule has 0 N–H and O–H groups in total. The summed E-state index contributed by atoms with van der Waals surface area (Å²) < 4.78 is 0.